The fourth-order valence-electron chi connectivity index (χ4n) is 1.43. The Labute approximate surface area is 82.9 Å². The SMILES string of the molecule is Cc1cc2c(cc1C#N)OCCCO2. The van der Waals surface area contributed by atoms with Crippen molar-refractivity contribution in [3.8, 4) is 17.6 Å². The Hall–Kier alpha value is -1.69. The van der Waals surface area contributed by atoms with E-state index in [4.69, 9.17) is 14.7 Å². The minimum absolute atomic E-state index is 0.647. The van der Waals surface area contributed by atoms with Crippen LogP contribution in [-0.2, 0) is 0 Å². The molecule has 1 aliphatic rings. The molecule has 0 saturated carbocycles. The van der Waals surface area contributed by atoms with Crippen molar-refractivity contribution in [1.82, 2.24) is 0 Å². The van der Waals surface area contributed by atoms with E-state index in [1.165, 1.54) is 0 Å². The molecule has 0 radical (unpaired) electrons. The van der Waals surface area contributed by atoms with Gasteiger partial charge in [0.05, 0.1) is 24.8 Å². The van der Waals surface area contributed by atoms with Crippen LogP contribution in [0, 0.1) is 18.3 Å². The predicted molar refractivity (Wildman–Crippen MR) is 51.5 cm³/mol. The molecule has 72 valence electrons. The van der Waals surface area contributed by atoms with Crippen LogP contribution in [0.5, 0.6) is 11.5 Å². The zero-order valence-corrected chi connectivity index (χ0v) is 8.04. The normalized spacial score (nSPS) is 14.3. The molecule has 0 amide bonds. The molecule has 0 spiro atoms. The number of hydrogen-bond donors (Lipinski definition) is 0. The molecule has 1 aromatic carbocycles. The van der Waals surface area contributed by atoms with Crippen LogP contribution in [0.1, 0.15) is 17.5 Å². The molecule has 0 saturated heterocycles. The Morgan fingerprint density at radius 3 is 2.50 bits per heavy atom. The first-order chi connectivity index (χ1) is 6.81. The quantitative estimate of drug-likeness (QED) is 0.627. The largest absolute Gasteiger partial charge is 0.490 e. The molecule has 0 atom stereocenters. The van der Waals surface area contributed by atoms with E-state index in [1.807, 2.05) is 13.0 Å². The zero-order chi connectivity index (χ0) is 9.97. The molecule has 0 N–H and O–H groups in total. The van der Waals surface area contributed by atoms with Crippen LogP contribution in [-0.4, -0.2) is 13.2 Å². The first kappa shape index (κ1) is 8.89. The number of benzene rings is 1. The molecule has 0 bridgehead atoms. The molecular formula is C11H11NO2. The average Bonchev–Trinajstić information content (AvgIpc) is 2.41. The van der Waals surface area contributed by atoms with Crippen LogP contribution in [0.4, 0.5) is 0 Å². The van der Waals surface area contributed by atoms with E-state index in [2.05, 4.69) is 6.07 Å². The maximum absolute atomic E-state index is 8.84. The van der Waals surface area contributed by atoms with Crippen molar-refractivity contribution < 1.29 is 9.47 Å². The van der Waals surface area contributed by atoms with Crippen LogP contribution in [0.15, 0.2) is 12.1 Å². The van der Waals surface area contributed by atoms with E-state index in [-0.39, 0.29) is 0 Å². The lowest BCUT2D eigenvalue weighted by atomic mass is 10.1. The third-order valence-electron chi connectivity index (χ3n) is 2.21. The second kappa shape index (κ2) is 3.59. The number of fused-ring (bicyclic) bond motifs is 1. The second-order valence-electron chi connectivity index (χ2n) is 3.28. The van der Waals surface area contributed by atoms with Crippen molar-refractivity contribution in [2.75, 3.05) is 13.2 Å². The number of nitriles is 1. The first-order valence-corrected chi connectivity index (χ1v) is 4.61. The van der Waals surface area contributed by atoms with Crippen LogP contribution in [0.25, 0.3) is 0 Å². The smallest absolute Gasteiger partial charge is 0.162 e. The monoisotopic (exact) mass is 189 g/mol. The van der Waals surface area contributed by atoms with Gasteiger partial charge in [0.15, 0.2) is 11.5 Å². The van der Waals surface area contributed by atoms with Gasteiger partial charge in [0, 0.05) is 12.5 Å². The molecule has 0 aliphatic carbocycles. The fourth-order valence-corrected chi connectivity index (χ4v) is 1.43. The van der Waals surface area contributed by atoms with E-state index < -0.39 is 0 Å². The van der Waals surface area contributed by atoms with Gasteiger partial charge in [-0.1, -0.05) is 0 Å². The Bertz CT molecular complexity index is 393. The summed E-state index contributed by atoms with van der Waals surface area (Å²) in [6, 6.07) is 5.74. The summed E-state index contributed by atoms with van der Waals surface area (Å²) in [4.78, 5) is 0. The Morgan fingerprint density at radius 1 is 1.21 bits per heavy atom. The molecule has 3 nitrogen and oxygen atoms in total. The van der Waals surface area contributed by atoms with E-state index in [0.717, 1.165) is 17.7 Å². The van der Waals surface area contributed by atoms with Crippen molar-refractivity contribution in [3.05, 3.63) is 23.3 Å². The van der Waals surface area contributed by atoms with Crippen LogP contribution < -0.4 is 9.47 Å². The number of rotatable bonds is 0. The van der Waals surface area contributed by atoms with Gasteiger partial charge in [0.2, 0.25) is 0 Å². The van der Waals surface area contributed by atoms with Crippen LogP contribution in [0.3, 0.4) is 0 Å². The highest BCUT2D eigenvalue weighted by Gasteiger charge is 2.12. The summed E-state index contributed by atoms with van der Waals surface area (Å²) >= 11 is 0. The predicted octanol–water partition coefficient (Wildman–Crippen LogP) is 2.03. The lowest BCUT2D eigenvalue weighted by molar-refractivity contribution is 0.297. The van der Waals surface area contributed by atoms with Gasteiger partial charge in [-0.05, 0) is 18.6 Å². The number of aryl methyl sites for hydroxylation is 1. The first-order valence-electron chi connectivity index (χ1n) is 4.61. The number of nitrogens with zero attached hydrogens (tertiary/aromatic N) is 1. The minimum Gasteiger partial charge on any atom is -0.490 e. The van der Waals surface area contributed by atoms with Gasteiger partial charge in [-0.25, -0.2) is 0 Å². The van der Waals surface area contributed by atoms with Gasteiger partial charge in [-0.2, -0.15) is 5.26 Å². The maximum Gasteiger partial charge on any atom is 0.162 e. The lowest BCUT2D eigenvalue weighted by Gasteiger charge is -2.08. The van der Waals surface area contributed by atoms with Crippen LogP contribution >= 0.6 is 0 Å². The van der Waals surface area contributed by atoms with Gasteiger partial charge >= 0.3 is 0 Å². The molecule has 14 heavy (non-hydrogen) atoms. The molecule has 0 aromatic heterocycles. The topological polar surface area (TPSA) is 42.2 Å². The van der Waals surface area contributed by atoms with Gasteiger partial charge in [-0.3, -0.25) is 0 Å². The summed E-state index contributed by atoms with van der Waals surface area (Å²) in [5.74, 6) is 1.43. The molecule has 0 unspecified atom stereocenters. The lowest BCUT2D eigenvalue weighted by Crippen LogP contribution is -1.97. The van der Waals surface area contributed by atoms with Gasteiger partial charge in [0.1, 0.15) is 0 Å². The van der Waals surface area contributed by atoms with Crippen molar-refractivity contribution in [1.29, 1.82) is 5.26 Å². The summed E-state index contributed by atoms with van der Waals surface area (Å²) in [6.45, 7) is 3.23. The molecule has 1 heterocycles. The summed E-state index contributed by atoms with van der Waals surface area (Å²) in [5.41, 5.74) is 1.58. The third kappa shape index (κ3) is 1.51. The highest BCUT2D eigenvalue weighted by Crippen LogP contribution is 2.32. The van der Waals surface area contributed by atoms with E-state index in [9.17, 15) is 0 Å². The maximum atomic E-state index is 8.84. The van der Waals surface area contributed by atoms with E-state index in [1.54, 1.807) is 6.07 Å². The van der Waals surface area contributed by atoms with Gasteiger partial charge in [0.25, 0.3) is 0 Å². The second-order valence-corrected chi connectivity index (χ2v) is 3.28. The Kier molecular flexibility index (Phi) is 2.28. The summed E-state index contributed by atoms with van der Waals surface area (Å²) < 4.78 is 11.0. The standard InChI is InChI=1S/C11H11NO2/c1-8-5-10-11(6-9(8)7-12)14-4-2-3-13-10/h5-6H,2-4H2,1H3. The third-order valence-corrected chi connectivity index (χ3v) is 2.21. The molecule has 0 fully saturated rings. The summed E-state index contributed by atoms with van der Waals surface area (Å²) in [6.07, 6.45) is 0.885. The number of hydrogen-bond acceptors (Lipinski definition) is 3. The molecule has 1 aliphatic heterocycles. The van der Waals surface area contributed by atoms with Gasteiger partial charge in [-0.15, -0.1) is 0 Å². The zero-order valence-electron chi connectivity index (χ0n) is 8.04. The average molecular weight is 189 g/mol. The van der Waals surface area contributed by atoms with Gasteiger partial charge < -0.3 is 9.47 Å². The molecular weight excluding hydrogens is 178 g/mol. The Morgan fingerprint density at radius 2 is 1.86 bits per heavy atom. The highest BCUT2D eigenvalue weighted by atomic mass is 16.5. The molecule has 2 rings (SSSR count). The minimum atomic E-state index is 0.647. The fraction of sp³-hybridized carbons (Fsp3) is 0.364. The molecule has 3 heteroatoms. The Balaban J connectivity index is 2.47. The van der Waals surface area contributed by atoms with Crippen molar-refractivity contribution in [2.24, 2.45) is 0 Å². The van der Waals surface area contributed by atoms with E-state index in [0.29, 0.717) is 24.5 Å². The van der Waals surface area contributed by atoms with Crippen LogP contribution in [0.2, 0.25) is 0 Å². The summed E-state index contributed by atoms with van der Waals surface area (Å²) in [7, 11) is 0. The van der Waals surface area contributed by atoms with Crippen molar-refractivity contribution >= 4 is 0 Å². The highest BCUT2D eigenvalue weighted by molar-refractivity contribution is 5.51. The number of ether oxygens (including phenoxy) is 2. The van der Waals surface area contributed by atoms with Crippen molar-refractivity contribution in [2.45, 2.75) is 13.3 Å². The molecule has 1 aromatic rings. The van der Waals surface area contributed by atoms with E-state index >= 15 is 0 Å². The summed E-state index contributed by atoms with van der Waals surface area (Å²) in [5, 5.41) is 8.84. The van der Waals surface area contributed by atoms with Crippen molar-refractivity contribution in [3.63, 3.8) is 0 Å².